The van der Waals surface area contributed by atoms with Crippen molar-refractivity contribution in [2.24, 2.45) is 0 Å². The molecule has 0 saturated heterocycles. The van der Waals surface area contributed by atoms with Crippen LogP contribution in [0.1, 0.15) is 6.92 Å². The van der Waals surface area contributed by atoms with Gasteiger partial charge in [-0.3, -0.25) is 0 Å². The van der Waals surface area contributed by atoms with E-state index in [0.717, 1.165) is 0 Å². The molecule has 0 aromatic carbocycles. The zero-order valence-corrected chi connectivity index (χ0v) is 5.96. The molecule has 0 unspecified atom stereocenters. The number of sulfone groups is 1. The molecule has 0 aliphatic carbocycles. The Labute approximate surface area is 50.0 Å². The maximum Gasteiger partial charge on any atom is 0.162 e. The Morgan fingerprint density at radius 2 is 2.00 bits per heavy atom. The molecule has 50 valence electrons. The largest absolute Gasteiger partial charge is 0.307 e. The Bertz CT molecular complexity index is 138. The molecule has 3 nitrogen and oxygen atoms in total. The summed E-state index contributed by atoms with van der Waals surface area (Å²) in [6.45, 7) is 1.63. The summed E-state index contributed by atoms with van der Waals surface area (Å²) in [7, 11) is -1.16. The third-order valence-electron chi connectivity index (χ3n) is 0.804. The minimum atomic E-state index is -2.78. The predicted molar refractivity (Wildman–Crippen MR) is 33.4 cm³/mol. The third-order valence-corrected chi connectivity index (χ3v) is 2.41. The van der Waals surface area contributed by atoms with Crippen LogP contribution in [-0.4, -0.2) is 27.1 Å². The topological polar surface area (TPSA) is 46.2 Å². The Kier molecular flexibility index (Phi) is 3.01. The van der Waals surface area contributed by atoms with E-state index in [1.54, 1.807) is 14.0 Å². The van der Waals surface area contributed by atoms with Gasteiger partial charge in [0.15, 0.2) is 9.84 Å². The van der Waals surface area contributed by atoms with Gasteiger partial charge in [-0.1, -0.05) is 6.92 Å². The molecular formula is C4H11NO2S. The fourth-order valence-electron chi connectivity index (χ4n) is 0.322. The van der Waals surface area contributed by atoms with E-state index in [-0.39, 0.29) is 11.6 Å². The van der Waals surface area contributed by atoms with E-state index in [1.165, 1.54) is 0 Å². The molecule has 0 bridgehead atoms. The van der Waals surface area contributed by atoms with Crippen molar-refractivity contribution < 1.29 is 8.42 Å². The molecule has 0 heterocycles. The molecule has 0 fully saturated rings. The lowest BCUT2D eigenvalue weighted by atomic mass is 11.0. The van der Waals surface area contributed by atoms with Crippen molar-refractivity contribution in [3.8, 4) is 0 Å². The van der Waals surface area contributed by atoms with E-state index in [0.29, 0.717) is 0 Å². The quantitative estimate of drug-likeness (QED) is 0.575. The van der Waals surface area contributed by atoms with Crippen LogP contribution in [0.5, 0.6) is 0 Å². The van der Waals surface area contributed by atoms with E-state index in [4.69, 9.17) is 0 Å². The summed E-state index contributed by atoms with van der Waals surface area (Å²) >= 11 is 0. The molecule has 0 spiro atoms. The number of hydrogen-bond donors (Lipinski definition) is 1. The predicted octanol–water partition coefficient (Wildman–Crippen LogP) is -0.402. The van der Waals surface area contributed by atoms with E-state index in [1.807, 2.05) is 0 Å². The zero-order valence-electron chi connectivity index (χ0n) is 5.14. The highest BCUT2D eigenvalue weighted by Gasteiger charge is 2.02. The molecule has 0 aromatic heterocycles. The van der Waals surface area contributed by atoms with Crippen LogP contribution in [0.25, 0.3) is 0 Å². The van der Waals surface area contributed by atoms with Crippen molar-refractivity contribution in [2.75, 3.05) is 18.7 Å². The summed E-state index contributed by atoms with van der Waals surface area (Å²) < 4.78 is 21.1. The first kappa shape index (κ1) is 7.91. The van der Waals surface area contributed by atoms with E-state index in [9.17, 15) is 8.42 Å². The zero-order chi connectivity index (χ0) is 6.62. The number of nitrogens with one attached hydrogen (secondary N) is 1. The van der Waals surface area contributed by atoms with Crippen LogP contribution in [0.2, 0.25) is 0 Å². The fraction of sp³-hybridized carbons (Fsp3) is 1.00. The van der Waals surface area contributed by atoms with Gasteiger partial charge in [0, 0.05) is 5.75 Å². The highest BCUT2D eigenvalue weighted by Crippen LogP contribution is 1.82. The molecule has 1 N–H and O–H groups in total. The number of hydrogen-bond acceptors (Lipinski definition) is 3. The van der Waals surface area contributed by atoms with E-state index < -0.39 is 9.84 Å². The minimum Gasteiger partial charge on any atom is -0.307 e. The standard InChI is InChI=1S/C4H11NO2S/c1-3-8(6,7)4-5-2/h5H,3-4H2,1-2H3. The van der Waals surface area contributed by atoms with Crippen LogP contribution in [-0.2, 0) is 9.84 Å². The molecule has 0 amide bonds. The number of rotatable bonds is 3. The third kappa shape index (κ3) is 2.98. The summed E-state index contributed by atoms with van der Waals surface area (Å²) in [5.41, 5.74) is 0. The summed E-state index contributed by atoms with van der Waals surface area (Å²) in [4.78, 5) is 0. The van der Waals surface area contributed by atoms with Gasteiger partial charge in [0.1, 0.15) is 0 Å². The van der Waals surface area contributed by atoms with Crippen molar-refractivity contribution in [2.45, 2.75) is 6.92 Å². The SMILES string of the molecule is CCS(=O)(=O)CNC. The molecule has 0 radical (unpaired) electrons. The monoisotopic (exact) mass is 137 g/mol. The van der Waals surface area contributed by atoms with Crippen LogP contribution < -0.4 is 5.32 Å². The normalized spacial score (nSPS) is 11.8. The molecule has 0 atom stereocenters. The molecular weight excluding hydrogens is 126 g/mol. The van der Waals surface area contributed by atoms with Crippen molar-refractivity contribution in [1.29, 1.82) is 0 Å². The van der Waals surface area contributed by atoms with Crippen LogP contribution in [0.3, 0.4) is 0 Å². The first-order valence-electron chi connectivity index (χ1n) is 2.47. The van der Waals surface area contributed by atoms with Crippen LogP contribution in [0.4, 0.5) is 0 Å². The van der Waals surface area contributed by atoms with Crippen LogP contribution in [0.15, 0.2) is 0 Å². The van der Waals surface area contributed by atoms with Crippen molar-refractivity contribution in [3.05, 3.63) is 0 Å². The maximum atomic E-state index is 10.5. The molecule has 0 aliphatic heterocycles. The summed E-state index contributed by atoms with van der Waals surface area (Å²) in [6, 6.07) is 0. The van der Waals surface area contributed by atoms with Gasteiger partial charge >= 0.3 is 0 Å². The van der Waals surface area contributed by atoms with Gasteiger partial charge in [-0.25, -0.2) is 8.42 Å². The van der Waals surface area contributed by atoms with Gasteiger partial charge in [0.25, 0.3) is 0 Å². The second kappa shape index (κ2) is 3.04. The Morgan fingerprint density at radius 1 is 1.50 bits per heavy atom. The summed E-state index contributed by atoms with van der Waals surface area (Å²) in [5.74, 6) is 0.303. The molecule has 0 aromatic rings. The van der Waals surface area contributed by atoms with Crippen LogP contribution in [0, 0.1) is 0 Å². The Morgan fingerprint density at radius 3 is 2.12 bits per heavy atom. The second-order valence-corrected chi connectivity index (χ2v) is 3.88. The highest BCUT2D eigenvalue weighted by molar-refractivity contribution is 7.91. The minimum absolute atomic E-state index is 0.0868. The van der Waals surface area contributed by atoms with Gasteiger partial charge in [0.2, 0.25) is 0 Å². The maximum absolute atomic E-state index is 10.5. The van der Waals surface area contributed by atoms with E-state index in [2.05, 4.69) is 5.32 Å². The van der Waals surface area contributed by atoms with Gasteiger partial charge in [0.05, 0.1) is 5.88 Å². The smallest absolute Gasteiger partial charge is 0.162 e. The Hall–Kier alpha value is -0.0900. The molecule has 0 saturated carbocycles. The molecule has 0 aliphatic rings. The van der Waals surface area contributed by atoms with Crippen molar-refractivity contribution in [3.63, 3.8) is 0 Å². The average molecular weight is 137 g/mol. The molecule has 0 rings (SSSR count). The second-order valence-electron chi connectivity index (χ2n) is 1.53. The van der Waals surface area contributed by atoms with Crippen molar-refractivity contribution in [1.82, 2.24) is 5.32 Å². The average Bonchev–Trinajstić information content (AvgIpc) is 1.67. The lowest BCUT2D eigenvalue weighted by Gasteiger charge is -1.95. The lowest BCUT2D eigenvalue weighted by Crippen LogP contribution is -2.20. The highest BCUT2D eigenvalue weighted by atomic mass is 32.2. The fourth-order valence-corrected chi connectivity index (χ4v) is 0.966. The lowest BCUT2D eigenvalue weighted by molar-refractivity contribution is 0.593. The van der Waals surface area contributed by atoms with Crippen LogP contribution >= 0.6 is 0 Å². The van der Waals surface area contributed by atoms with E-state index >= 15 is 0 Å². The summed E-state index contributed by atoms with van der Waals surface area (Å²) in [5, 5.41) is 2.57. The molecule has 8 heavy (non-hydrogen) atoms. The van der Waals surface area contributed by atoms with Gasteiger partial charge in [-0.05, 0) is 7.05 Å². The van der Waals surface area contributed by atoms with Gasteiger partial charge < -0.3 is 5.32 Å². The Balaban J connectivity index is 3.76. The molecule has 4 heteroatoms. The first-order chi connectivity index (χ1) is 3.62. The van der Waals surface area contributed by atoms with Gasteiger partial charge in [-0.15, -0.1) is 0 Å². The summed E-state index contributed by atoms with van der Waals surface area (Å²) in [6.07, 6.45) is 0. The van der Waals surface area contributed by atoms with Gasteiger partial charge in [-0.2, -0.15) is 0 Å². The van der Waals surface area contributed by atoms with Crippen molar-refractivity contribution >= 4 is 9.84 Å². The first-order valence-corrected chi connectivity index (χ1v) is 4.29.